The highest BCUT2D eigenvalue weighted by atomic mass is 35.5. The maximum absolute atomic E-state index is 13.4. The van der Waals surface area contributed by atoms with Crippen molar-refractivity contribution in [2.45, 2.75) is 0 Å². The van der Waals surface area contributed by atoms with Crippen LogP contribution in [0.2, 0.25) is 5.02 Å². The Morgan fingerprint density at radius 1 is 1.53 bits per heavy atom. The molecule has 1 aromatic heterocycles. The van der Waals surface area contributed by atoms with Crippen LogP contribution in [0, 0.1) is 11.9 Å². The Kier molecular flexibility index (Phi) is 2.60. The molecule has 3 nitrogen and oxygen atoms in total. The van der Waals surface area contributed by atoms with Crippen molar-refractivity contribution in [2.24, 2.45) is 0 Å². The minimum atomic E-state index is -0.477. The molecule has 0 aliphatic heterocycles. The number of rotatable bonds is 2. The minimum Gasteiger partial charge on any atom is -0.467 e. The van der Waals surface area contributed by atoms with Gasteiger partial charge in [-0.05, 0) is 12.1 Å². The van der Waals surface area contributed by atoms with Gasteiger partial charge in [0.05, 0.1) is 17.7 Å². The highest BCUT2D eigenvalue weighted by Gasteiger charge is 2.15. The van der Waals surface area contributed by atoms with Crippen LogP contribution in [0.1, 0.15) is 0 Å². The van der Waals surface area contributed by atoms with Gasteiger partial charge in [0.1, 0.15) is 17.6 Å². The van der Waals surface area contributed by atoms with Gasteiger partial charge in [-0.15, -0.1) is 0 Å². The van der Waals surface area contributed by atoms with Crippen LogP contribution in [0.5, 0.6) is 5.95 Å². The van der Waals surface area contributed by atoms with Gasteiger partial charge in [0, 0.05) is 0 Å². The quantitative estimate of drug-likeness (QED) is 0.790. The predicted octanol–water partition coefficient (Wildman–Crippen LogP) is 2.94. The van der Waals surface area contributed by atoms with Crippen LogP contribution < -0.4 is 4.74 Å². The van der Waals surface area contributed by atoms with Gasteiger partial charge >= 0.3 is 5.95 Å². The van der Waals surface area contributed by atoms with E-state index in [4.69, 9.17) is 20.9 Å². The average Bonchev–Trinajstić information content (AvgIpc) is 2.66. The lowest BCUT2D eigenvalue weighted by Crippen LogP contribution is -1.85. The summed E-state index contributed by atoms with van der Waals surface area (Å²) in [4.78, 5) is 0. The molecule has 1 aromatic carbocycles. The lowest BCUT2D eigenvalue weighted by molar-refractivity contribution is 0.261. The zero-order chi connectivity index (χ0) is 10.8. The summed E-state index contributed by atoms with van der Waals surface area (Å²) < 4.78 is 22.9. The van der Waals surface area contributed by atoms with Crippen molar-refractivity contribution in [3.05, 3.63) is 35.1 Å². The first-order valence-electron chi connectivity index (χ1n) is 4.09. The molecule has 1 radical (unpaired) electrons. The van der Waals surface area contributed by atoms with Crippen molar-refractivity contribution in [1.82, 2.24) is 5.16 Å². The first-order valence-corrected chi connectivity index (χ1v) is 4.47. The molecule has 0 atom stereocenters. The van der Waals surface area contributed by atoms with E-state index < -0.39 is 5.82 Å². The summed E-state index contributed by atoms with van der Waals surface area (Å²) in [5.74, 6) is -0.390. The summed E-state index contributed by atoms with van der Waals surface area (Å²) in [6.45, 7) is 0. The van der Waals surface area contributed by atoms with E-state index in [1.807, 2.05) is 0 Å². The number of aromatic nitrogens is 1. The molecule has 0 aliphatic carbocycles. The lowest BCUT2D eigenvalue weighted by atomic mass is 10.1. The van der Waals surface area contributed by atoms with E-state index in [9.17, 15) is 4.39 Å². The third-order valence-electron chi connectivity index (χ3n) is 1.83. The Balaban J connectivity index is 2.53. The summed E-state index contributed by atoms with van der Waals surface area (Å²) in [6, 6.07) is 7.00. The lowest BCUT2D eigenvalue weighted by Gasteiger charge is -1.99. The Morgan fingerprint density at radius 3 is 2.93 bits per heavy atom. The van der Waals surface area contributed by atoms with Crippen LogP contribution in [0.4, 0.5) is 4.39 Å². The summed E-state index contributed by atoms with van der Waals surface area (Å²) in [5.41, 5.74) is 0.348. The molecule has 5 heteroatoms. The molecule has 0 saturated carbocycles. The van der Waals surface area contributed by atoms with Crippen molar-refractivity contribution >= 4 is 11.6 Å². The van der Waals surface area contributed by atoms with Crippen molar-refractivity contribution in [1.29, 1.82) is 0 Å². The fourth-order valence-electron chi connectivity index (χ4n) is 1.15. The van der Waals surface area contributed by atoms with Crippen LogP contribution in [0.15, 0.2) is 22.7 Å². The van der Waals surface area contributed by atoms with Crippen molar-refractivity contribution < 1.29 is 13.7 Å². The molecule has 0 saturated heterocycles. The Morgan fingerprint density at radius 2 is 2.33 bits per heavy atom. The predicted molar refractivity (Wildman–Crippen MR) is 52.3 cm³/mol. The normalized spacial score (nSPS) is 10.3. The van der Waals surface area contributed by atoms with Crippen LogP contribution in [-0.2, 0) is 0 Å². The molecule has 0 fully saturated rings. The maximum atomic E-state index is 13.4. The van der Waals surface area contributed by atoms with Gasteiger partial charge < -0.3 is 9.26 Å². The third kappa shape index (κ3) is 1.80. The average molecular weight is 227 g/mol. The van der Waals surface area contributed by atoms with E-state index in [-0.39, 0.29) is 22.2 Å². The molecule has 0 N–H and O–H groups in total. The van der Waals surface area contributed by atoms with Gasteiger partial charge in [0.2, 0.25) is 0 Å². The van der Waals surface area contributed by atoms with E-state index in [2.05, 4.69) is 11.2 Å². The topological polar surface area (TPSA) is 35.3 Å². The standard InChI is InChI=1S/C10H6ClFNO2/c1-14-9-5-8(13-15-9)10-6(11)3-2-4-7(10)12/h2-4H,1H3. The number of halogens is 2. The fourth-order valence-corrected chi connectivity index (χ4v) is 1.40. The molecule has 0 amide bonds. The Hall–Kier alpha value is -1.55. The largest absolute Gasteiger partial charge is 0.467 e. The van der Waals surface area contributed by atoms with Crippen molar-refractivity contribution in [2.75, 3.05) is 7.11 Å². The number of hydrogen-bond donors (Lipinski definition) is 0. The van der Waals surface area contributed by atoms with E-state index in [1.54, 1.807) is 6.07 Å². The summed E-state index contributed by atoms with van der Waals surface area (Å²) in [5, 5.41) is 3.85. The second-order valence-corrected chi connectivity index (χ2v) is 3.15. The van der Waals surface area contributed by atoms with E-state index >= 15 is 0 Å². The first kappa shape index (κ1) is 9.98. The molecule has 0 unspecified atom stereocenters. The van der Waals surface area contributed by atoms with E-state index in [0.717, 1.165) is 0 Å². The molecular formula is C10H6ClFNO2. The molecule has 1 heterocycles. The number of hydrogen-bond acceptors (Lipinski definition) is 3. The zero-order valence-electron chi connectivity index (χ0n) is 7.75. The van der Waals surface area contributed by atoms with Gasteiger partial charge in [-0.3, -0.25) is 0 Å². The summed E-state index contributed by atoms with van der Waals surface area (Å²) in [7, 11) is 1.41. The van der Waals surface area contributed by atoms with Gasteiger partial charge in [0.25, 0.3) is 0 Å². The van der Waals surface area contributed by atoms with Crippen LogP contribution >= 0.6 is 11.6 Å². The number of benzene rings is 1. The molecule has 15 heavy (non-hydrogen) atoms. The Bertz CT molecular complexity index is 464. The first-order chi connectivity index (χ1) is 7.22. The molecule has 0 bridgehead atoms. The second-order valence-electron chi connectivity index (χ2n) is 2.74. The molecule has 0 spiro atoms. The monoisotopic (exact) mass is 226 g/mol. The molecule has 0 aliphatic rings. The molecule has 2 rings (SSSR count). The fraction of sp³-hybridized carbons (Fsp3) is 0.100. The maximum Gasteiger partial charge on any atom is 0.319 e. The van der Waals surface area contributed by atoms with Crippen LogP contribution in [-0.4, -0.2) is 12.3 Å². The Labute approximate surface area is 90.4 Å². The van der Waals surface area contributed by atoms with Gasteiger partial charge in [-0.25, -0.2) is 4.39 Å². The van der Waals surface area contributed by atoms with Crippen LogP contribution in [0.3, 0.4) is 0 Å². The zero-order valence-corrected chi connectivity index (χ0v) is 8.51. The highest BCUT2D eigenvalue weighted by molar-refractivity contribution is 6.33. The van der Waals surface area contributed by atoms with Gasteiger partial charge in [-0.2, -0.15) is 0 Å². The number of ether oxygens (including phenoxy) is 1. The summed E-state index contributed by atoms with van der Waals surface area (Å²) >= 11 is 5.83. The van der Waals surface area contributed by atoms with Gasteiger partial charge in [-0.1, -0.05) is 22.8 Å². The molecule has 77 valence electrons. The van der Waals surface area contributed by atoms with E-state index in [0.29, 0.717) is 0 Å². The van der Waals surface area contributed by atoms with Crippen molar-refractivity contribution in [3.8, 4) is 17.2 Å². The minimum absolute atomic E-state index is 0.0873. The highest BCUT2D eigenvalue weighted by Crippen LogP contribution is 2.30. The van der Waals surface area contributed by atoms with Crippen LogP contribution in [0.25, 0.3) is 11.3 Å². The summed E-state index contributed by atoms with van der Waals surface area (Å²) in [6.07, 6.45) is 0. The van der Waals surface area contributed by atoms with E-state index in [1.165, 1.54) is 19.2 Å². The molecule has 2 aromatic rings. The van der Waals surface area contributed by atoms with Gasteiger partial charge in [0.15, 0.2) is 0 Å². The third-order valence-corrected chi connectivity index (χ3v) is 2.14. The molecular weight excluding hydrogens is 221 g/mol. The second kappa shape index (κ2) is 3.90. The van der Waals surface area contributed by atoms with Crippen molar-refractivity contribution in [3.63, 3.8) is 0 Å². The SMILES string of the molecule is COc1[c]c(-c2c(F)cccc2Cl)no1. The number of methoxy groups -OCH3 is 1. The smallest absolute Gasteiger partial charge is 0.319 e. The number of nitrogens with zero attached hydrogens (tertiary/aromatic N) is 1.